The topological polar surface area (TPSA) is 69.7 Å². The van der Waals surface area contributed by atoms with E-state index in [1.807, 2.05) is 38.9 Å². The molecule has 2 rings (SSSR count). The molecule has 0 saturated carbocycles. The minimum absolute atomic E-state index is 0.0473. The normalized spacial score (nSPS) is 12.6. The standard InChI is InChI=1S/C22H30FN3O3S/c1-6-16(3)26(30(28,29)20-11-8-18(23)9-12-20)15-17-14-19(24-22(27)7-2)10-13-21(17)25(4)5/h8-14,16H,6-7,15H2,1-5H3,(H,24,27)/t16-/m1/s1. The van der Waals surface area contributed by atoms with Gasteiger partial charge < -0.3 is 10.2 Å². The second-order valence-corrected chi connectivity index (χ2v) is 9.29. The molecular formula is C22H30FN3O3S. The van der Waals surface area contributed by atoms with Gasteiger partial charge in [0.25, 0.3) is 0 Å². The van der Waals surface area contributed by atoms with Crippen molar-refractivity contribution < 1.29 is 17.6 Å². The first-order chi connectivity index (χ1) is 14.1. The van der Waals surface area contributed by atoms with Crippen molar-refractivity contribution in [2.75, 3.05) is 24.3 Å². The number of hydrogen-bond acceptors (Lipinski definition) is 4. The van der Waals surface area contributed by atoms with Crippen molar-refractivity contribution in [3.8, 4) is 0 Å². The van der Waals surface area contributed by atoms with Gasteiger partial charge in [-0.25, -0.2) is 12.8 Å². The highest BCUT2D eigenvalue weighted by Gasteiger charge is 2.29. The molecule has 0 fully saturated rings. The van der Waals surface area contributed by atoms with Gasteiger partial charge in [-0.15, -0.1) is 0 Å². The summed E-state index contributed by atoms with van der Waals surface area (Å²) in [4.78, 5) is 13.8. The summed E-state index contributed by atoms with van der Waals surface area (Å²) in [5.41, 5.74) is 2.23. The fraction of sp³-hybridized carbons (Fsp3) is 0.409. The zero-order valence-corrected chi connectivity index (χ0v) is 19.0. The van der Waals surface area contributed by atoms with E-state index in [1.165, 1.54) is 16.4 Å². The molecule has 0 saturated heterocycles. The maximum Gasteiger partial charge on any atom is 0.243 e. The lowest BCUT2D eigenvalue weighted by atomic mass is 10.1. The van der Waals surface area contributed by atoms with Gasteiger partial charge in [0.2, 0.25) is 15.9 Å². The van der Waals surface area contributed by atoms with Crippen LogP contribution >= 0.6 is 0 Å². The highest BCUT2D eigenvalue weighted by atomic mass is 32.2. The maximum absolute atomic E-state index is 13.4. The van der Waals surface area contributed by atoms with Crippen LogP contribution in [0.3, 0.4) is 0 Å². The Kier molecular flexibility index (Phi) is 7.97. The Labute approximate surface area is 178 Å². The minimum Gasteiger partial charge on any atom is -0.377 e. The zero-order chi connectivity index (χ0) is 22.5. The molecule has 0 spiro atoms. The van der Waals surface area contributed by atoms with E-state index in [-0.39, 0.29) is 23.4 Å². The lowest BCUT2D eigenvalue weighted by Gasteiger charge is -2.30. The average Bonchev–Trinajstić information content (AvgIpc) is 2.71. The Morgan fingerprint density at radius 1 is 1.10 bits per heavy atom. The van der Waals surface area contributed by atoms with Crippen molar-refractivity contribution >= 4 is 27.3 Å². The predicted molar refractivity (Wildman–Crippen MR) is 119 cm³/mol. The summed E-state index contributed by atoms with van der Waals surface area (Å²) >= 11 is 0. The first-order valence-electron chi connectivity index (χ1n) is 9.97. The number of anilines is 2. The van der Waals surface area contributed by atoms with Crippen LogP contribution in [0.4, 0.5) is 15.8 Å². The molecule has 30 heavy (non-hydrogen) atoms. The molecule has 0 radical (unpaired) electrons. The zero-order valence-electron chi connectivity index (χ0n) is 18.1. The largest absolute Gasteiger partial charge is 0.377 e. The van der Waals surface area contributed by atoms with E-state index in [2.05, 4.69) is 5.32 Å². The van der Waals surface area contributed by atoms with Crippen LogP contribution < -0.4 is 10.2 Å². The number of nitrogens with zero attached hydrogens (tertiary/aromatic N) is 2. The maximum atomic E-state index is 13.4. The molecule has 1 atom stereocenters. The van der Waals surface area contributed by atoms with E-state index in [1.54, 1.807) is 19.1 Å². The monoisotopic (exact) mass is 435 g/mol. The van der Waals surface area contributed by atoms with Gasteiger partial charge in [0, 0.05) is 44.5 Å². The van der Waals surface area contributed by atoms with Gasteiger partial charge in [-0.1, -0.05) is 13.8 Å². The summed E-state index contributed by atoms with van der Waals surface area (Å²) in [5, 5.41) is 2.82. The summed E-state index contributed by atoms with van der Waals surface area (Å²) in [7, 11) is -0.0893. The van der Waals surface area contributed by atoms with Crippen LogP contribution in [0.5, 0.6) is 0 Å². The van der Waals surface area contributed by atoms with Crippen molar-refractivity contribution in [1.82, 2.24) is 4.31 Å². The number of sulfonamides is 1. The van der Waals surface area contributed by atoms with E-state index in [4.69, 9.17) is 0 Å². The Morgan fingerprint density at radius 3 is 2.27 bits per heavy atom. The second-order valence-electron chi connectivity index (χ2n) is 7.40. The van der Waals surface area contributed by atoms with Crippen LogP contribution in [-0.4, -0.2) is 38.8 Å². The van der Waals surface area contributed by atoms with Gasteiger partial charge in [-0.05, 0) is 61.4 Å². The molecule has 0 aliphatic rings. The van der Waals surface area contributed by atoms with E-state index in [0.29, 0.717) is 18.5 Å². The highest BCUT2D eigenvalue weighted by molar-refractivity contribution is 7.89. The van der Waals surface area contributed by atoms with Crippen molar-refractivity contribution in [3.63, 3.8) is 0 Å². The van der Waals surface area contributed by atoms with Crippen LogP contribution in [0.2, 0.25) is 0 Å². The number of nitrogens with one attached hydrogen (secondary N) is 1. The summed E-state index contributed by atoms with van der Waals surface area (Å²) in [6.45, 7) is 5.66. The Balaban J connectivity index is 2.50. The number of rotatable bonds is 9. The quantitative estimate of drug-likeness (QED) is 0.640. The molecule has 6 nitrogen and oxygen atoms in total. The molecule has 0 heterocycles. The molecule has 0 aliphatic carbocycles. The molecule has 0 aromatic heterocycles. The molecule has 164 valence electrons. The molecular weight excluding hydrogens is 405 g/mol. The van der Waals surface area contributed by atoms with Crippen molar-refractivity contribution in [1.29, 1.82) is 0 Å². The second kappa shape index (κ2) is 10.0. The van der Waals surface area contributed by atoms with Crippen LogP contribution in [0.15, 0.2) is 47.4 Å². The van der Waals surface area contributed by atoms with Gasteiger partial charge in [0.1, 0.15) is 5.82 Å². The van der Waals surface area contributed by atoms with Gasteiger partial charge in [-0.3, -0.25) is 4.79 Å². The molecule has 0 unspecified atom stereocenters. The average molecular weight is 436 g/mol. The smallest absolute Gasteiger partial charge is 0.243 e. The first-order valence-corrected chi connectivity index (χ1v) is 11.4. The first kappa shape index (κ1) is 23.8. The van der Waals surface area contributed by atoms with Crippen molar-refractivity contribution in [2.24, 2.45) is 0 Å². The van der Waals surface area contributed by atoms with Gasteiger partial charge >= 0.3 is 0 Å². The number of hydrogen-bond donors (Lipinski definition) is 1. The number of halogens is 1. The van der Waals surface area contributed by atoms with Crippen LogP contribution in [0, 0.1) is 5.82 Å². The SMILES string of the molecule is CCC(=O)Nc1ccc(N(C)C)c(CN([C@H](C)CC)S(=O)(=O)c2ccc(F)cc2)c1. The van der Waals surface area contributed by atoms with Crippen LogP contribution in [-0.2, 0) is 21.4 Å². The third-order valence-electron chi connectivity index (χ3n) is 5.00. The van der Waals surface area contributed by atoms with E-state index in [9.17, 15) is 17.6 Å². The Bertz CT molecular complexity index is 976. The third-order valence-corrected chi connectivity index (χ3v) is 6.97. The highest BCUT2D eigenvalue weighted by Crippen LogP contribution is 2.29. The molecule has 0 bridgehead atoms. The third kappa shape index (κ3) is 5.58. The number of amides is 1. The van der Waals surface area contributed by atoms with Gasteiger partial charge in [-0.2, -0.15) is 4.31 Å². The summed E-state index contributed by atoms with van der Waals surface area (Å²) in [6, 6.07) is 10.0. The fourth-order valence-corrected chi connectivity index (χ4v) is 4.75. The molecule has 1 N–H and O–H groups in total. The fourth-order valence-electron chi connectivity index (χ4n) is 3.07. The molecule has 8 heteroatoms. The molecule has 2 aromatic rings. The molecule has 1 amide bonds. The van der Waals surface area contributed by atoms with E-state index in [0.717, 1.165) is 23.4 Å². The molecule has 2 aromatic carbocycles. The van der Waals surface area contributed by atoms with Crippen LogP contribution in [0.1, 0.15) is 39.2 Å². The molecule has 0 aliphatic heterocycles. The van der Waals surface area contributed by atoms with E-state index < -0.39 is 15.8 Å². The van der Waals surface area contributed by atoms with Crippen LogP contribution in [0.25, 0.3) is 0 Å². The van der Waals surface area contributed by atoms with Crippen molar-refractivity contribution in [2.45, 2.75) is 51.1 Å². The lowest BCUT2D eigenvalue weighted by molar-refractivity contribution is -0.115. The Morgan fingerprint density at radius 2 is 1.73 bits per heavy atom. The van der Waals surface area contributed by atoms with Gasteiger partial charge in [0.15, 0.2) is 0 Å². The number of benzene rings is 2. The Hall–Kier alpha value is -2.45. The van der Waals surface area contributed by atoms with E-state index >= 15 is 0 Å². The van der Waals surface area contributed by atoms with Gasteiger partial charge in [0.05, 0.1) is 4.90 Å². The number of carbonyl (C=O) groups excluding carboxylic acids is 1. The van der Waals surface area contributed by atoms with Crippen molar-refractivity contribution in [3.05, 3.63) is 53.8 Å². The predicted octanol–water partition coefficient (Wildman–Crippen LogP) is 4.23. The summed E-state index contributed by atoms with van der Waals surface area (Å²) in [6.07, 6.45) is 0.965. The lowest BCUT2D eigenvalue weighted by Crippen LogP contribution is -2.38. The summed E-state index contributed by atoms with van der Waals surface area (Å²) < 4.78 is 41.5. The number of carbonyl (C=O) groups is 1. The minimum atomic E-state index is -3.85. The summed E-state index contributed by atoms with van der Waals surface area (Å²) in [5.74, 6) is -0.602.